The van der Waals surface area contributed by atoms with Crippen LogP contribution >= 0.6 is 0 Å². The Morgan fingerprint density at radius 2 is 2.16 bits per heavy atom. The number of aromatic nitrogens is 4. The van der Waals surface area contributed by atoms with Crippen molar-refractivity contribution < 1.29 is 4.74 Å². The van der Waals surface area contributed by atoms with Crippen LogP contribution in [0, 0.1) is 0 Å². The van der Waals surface area contributed by atoms with Gasteiger partial charge in [0.1, 0.15) is 11.7 Å². The SMILES string of the molecule is COc1cnn(C(C)C)c1C(NN)c1cn(C)cn1. The van der Waals surface area contributed by atoms with Gasteiger partial charge in [0.15, 0.2) is 5.75 Å². The quantitative estimate of drug-likeness (QED) is 0.615. The van der Waals surface area contributed by atoms with E-state index in [4.69, 9.17) is 10.6 Å². The molecule has 3 N–H and O–H groups in total. The zero-order chi connectivity index (χ0) is 14.0. The summed E-state index contributed by atoms with van der Waals surface area (Å²) in [5.74, 6) is 6.40. The van der Waals surface area contributed by atoms with Gasteiger partial charge in [0.2, 0.25) is 0 Å². The molecule has 2 aromatic heterocycles. The number of hydrogen-bond acceptors (Lipinski definition) is 5. The number of hydrogen-bond donors (Lipinski definition) is 2. The average Bonchev–Trinajstić information content (AvgIpc) is 2.97. The minimum Gasteiger partial charge on any atom is -0.493 e. The summed E-state index contributed by atoms with van der Waals surface area (Å²) in [6.07, 6.45) is 5.35. The van der Waals surface area contributed by atoms with Crippen LogP contribution in [0.3, 0.4) is 0 Å². The summed E-state index contributed by atoms with van der Waals surface area (Å²) in [5.41, 5.74) is 4.49. The van der Waals surface area contributed by atoms with Crippen LogP contribution in [0.1, 0.15) is 37.3 Å². The van der Waals surface area contributed by atoms with Crippen molar-refractivity contribution in [3.8, 4) is 5.75 Å². The highest BCUT2D eigenvalue weighted by atomic mass is 16.5. The Kier molecular flexibility index (Phi) is 3.87. The Bertz CT molecular complexity index is 544. The molecule has 2 rings (SSSR count). The van der Waals surface area contributed by atoms with Gasteiger partial charge in [-0.3, -0.25) is 10.5 Å². The van der Waals surface area contributed by atoms with Crippen LogP contribution in [-0.4, -0.2) is 26.4 Å². The van der Waals surface area contributed by atoms with E-state index in [-0.39, 0.29) is 12.1 Å². The lowest BCUT2D eigenvalue weighted by Crippen LogP contribution is -2.31. The van der Waals surface area contributed by atoms with E-state index in [2.05, 4.69) is 29.4 Å². The fourth-order valence-electron chi connectivity index (χ4n) is 2.09. The van der Waals surface area contributed by atoms with Gasteiger partial charge < -0.3 is 9.30 Å². The van der Waals surface area contributed by atoms with E-state index in [1.807, 2.05) is 22.5 Å². The van der Waals surface area contributed by atoms with Gasteiger partial charge in [-0.1, -0.05) is 0 Å². The molecule has 0 spiro atoms. The van der Waals surface area contributed by atoms with Gasteiger partial charge in [0.05, 0.1) is 25.3 Å². The minimum atomic E-state index is -0.263. The first kappa shape index (κ1) is 13.6. The molecule has 0 saturated heterocycles. The first-order valence-electron chi connectivity index (χ1n) is 6.13. The van der Waals surface area contributed by atoms with Crippen LogP contribution in [0.25, 0.3) is 0 Å². The van der Waals surface area contributed by atoms with Crippen LogP contribution in [0.2, 0.25) is 0 Å². The molecule has 0 bridgehead atoms. The largest absolute Gasteiger partial charge is 0.493 e. The van der Waals surface area contributed by atoms with Crippen LogP contribution in [-0.2, 0) is 7.05 Å². The molecule has 0 amide bonds. The number of nitrogens with zero attached hydrogens (tertiary/aromatic N) is 4. The van der Waals surface area contributed by atoms with E-state index in [9.17, 15) is 0 Å². The van der Waals surface area contributed by atoms with E-state index in [1.54, 1.807) is 19.6 Å². The van der Waals surface area contributed by atoms with Crippen molar-refractivity contribution >= 4 is 0 Å². The van der Waals surface area contributed by atoms with Gasteiger partial charge in [-0.2, -0.15) is 5.10 Å². The van der Waals surface area contributed by atoms with Gasteiger partial charge in [0.25, 0.3) is 0 Å². The van der Waals surface area contributed by atoms with E-state index >= 15 is 0 Å². The van der Waals surface area contributed by atoms with Gasteiger partial charge in [-0.05, 0) is 13.8 Å². The van der Waals surface area contributed by atoms with E-state index in [0.717, 1.165) is 11.4 Å². The smallest absolute Gasteiger partial charge is 0.162 e. The Morgan fingerprint density at radius 3 is 2.63 bits per heavy atom. The summed E-state index contributed by atoms with van der Waals surface area (Å²) >= 11 is 0. The zero-order valence-corrected chi connectivity index (χ0v) is 11.7. The number of nitrogens with one attached hydrogen (secondary N) is 1. The van der Waals surface area contributed by atoms with E-state index in [1.165, 1.54) is 0 Å². The molecule has 0 radical (unpaired) electrons. The number of rotatable bonds is 5. The third-order valence-corrected chi connectivity index (χ3v) is 2.97. The predicted molar refractivity (Wildman–Crippen MR) is 71.5 cm³/mol. The molecule has 7 nitrogen and oxygen atoms in total. The third kappa shape index (κ3) is 2.47. The average molecular weight is 264 g/mol. The number of ether oxygens (including phenoxy) is 1. The summed E-state index contributed by atoms with van der Waals surface area (Å²) in [4.78, 5) is 4.34. The lowest BCUT2D eigenvalue weighted by atomic mass is 10.1. The first-order valence-corrected chi connectivity index (χ1v) is 6.13. The highest BCUT2D eigenvalue weighted by molar-refractivity contribution is 5.33. The molecule has 19 heavy (non-hydrogen) atoms. The second kappa shape index (κ2) is 5.41. The normalized spacial score (nSPS) is 12.9. The topological polar surface area (TPSA) is 82.9 Å². The highest BCUT2D eigenvalue weighted by Crippen LogP contribution is 2.30. The Labute approximate surface area is 112 Å². The van der Waals surface area contributed by atoms with Crippen LogP contribution in [0.5, 0.6) is 5.75 Å². The number of methoxy groups -OCH3 is 1. The summed E-state index contributed by atoms with van der Waals surface area (Å²) in [6, 6.07) is -0.0560. The van der Waals surface area contributed by atoms with Gasteiger partial charge in [-0.25, -0.2) is 10.4 Å². The maximum atomic E-state index is 5.70. The molecule has 0 aliphatic carbocycles. The molecule has 0 fully saturated rings. The Hall–Kier alpha value is -1.86. The molecule has 0 aliphatic heterocycles. The fourth-order valence-corrected chi connectivity index (χ4v) is 2.09. The van der Waals surface area contributed by atoms with Crippen molar-refractivity contribution in [3.05, 3.63) is 30.1 Å². The third-order valence-electron chi connectivity index (χ3n) is 2.97. The zero-order valence-electron chi connectivity index (χ0n) is 11.7. The summed E-state index contributed by atoms with van der Waals surface area (Å²) in [5, 5.41) is 4.35. The molecular formula is C12H20N6O. The highest BCUT2D eigenvalue weighted by Gasteiger charge is 2.25. The van der Waals surface area contributed by atoms with Crippen molar-refractivity contribution in [1.82, 2.24) is 24.8 Å². The van der Waals surface area contributed by atoms with Crippen molar-refractivity contribution in [3.63, 3.8) is 0 Å². The molecule has 0 aliphatic rings. The molecule has 1 unspecified atom stereocenters. The molecule has 104 valence electrons. The van der Waals surface area contributed by atoms with Crippen molar-refractivity contribution in [2.45, 2.75) is 25.9 Å². The number of aryl methyl sites for hydroxylation is 1. The van der Waals surface area contributed by atoms with E-state index < -0.39 is 0 Å². The van der Waals surface area contributed by atoms with Crippen molar-refractivity contribution in [1.29, 1.82) is 0 Å². The number of imidazole rings is 1. The second-order valence-electron chi connectivity index (χ2n) is 4.70. The van der Waals surface area contributed by atoms with Gasteiger partial charge in [0, 0.05) is 19.3 Å². The summed E-state index contributed by atoms with van der Waals surface area (Å²) in [6.45, 7) is 4.11. The van der Waals surface area contributed by atoms with E-state index in [0.29, 0.717) is 5.75 Å². The molecule has 7 heteroatoms. The van der Waals surface area contributed by atoms with Gasteiger partial charge in [-0.15, -0.1) is 0 Å². The predicted octanol–water partition coefficient (Wildman–Crippen LogP) is 0.759. The van der Waals surface area contributed by atoms with Crippen LogP contribution < -0.4 is 16.0 Å². The van der Waals surface area contributed by atoms with Crippen LogP contribution in [0.15, 0.2) is 18.7 Å². The molecule has 0 aromatic carbocycles. The maximum absolute atomic E-state index is 5.70. The lowest BCUT2D eigenvalue weighted by Gasteiger charge is -2.19. The Morgan fingerprint density at radius 1 is 1.42 bits per heavy atom. The summed E-state index contributed by atoms with van der Waals surface area (Å²) < 4.78 is 9.14. The monoisotopic (exact) mass is 264 g/mol. The molecule has 0 saturated carbocycles. The standard InChI is InChI=1S/C12H20N6O/c1-8(2)18-12(10(19-4)5-15-18)11(16-13)9-6-17(3)7-14-9/h5-8,11,16H,13H2,1-4H3. The number of nitrogens with two attached hydrogens (primary N) is 1. The van der Waals surface area contributed by atoms with Crippen LogP contribution in [0.4, 0.5) is 0 Å². The lowest BCUT2D eigenvalue weighted by molar-refractivity contribution is 0.393. The first-order chi connectivity index (χ1) is 9.08. The second-order valence-corrected chi connectivity index (χ2v) is 4.70. The van der Waals surface area contributed by atoms with Crippen molar-refractivity contribution in [2.75, 3.05) is 7.11 Å². The van der Waals surface area contributed by atoms with Crippen molar-refractivity contribution in [2.24, 2.45) is 12.9 Å². The molecule has 2 aromatic rings. The Balaban J connectivity index is 2.50. The number of hydrazine groups is 1. The fraction of sp³-hybridized carbons (Fsp3) is 0.500. The summed E-state index contributed by atoms with van der Waals surface area (Å²) in [7, 11) is 3.54. The molecule has 1 atom stereocenters. The molecular weight excluding hydrogens is 244 g/mol. The maximum Gasteiger partial charge on any atom is 0.162 e. The molecule has 2 heterocycles. The minimum absolute atomic E-state index is 0.207. The van der Waals surface area contributed by atoms with Gasteiger partial charge >= 0.3 is 0 Å².